The van der Waals surface area contributed by atoms with Crippen LogP contribution in [0.1, 0.15) is 32.6 Å². The Morgan fingerprint density at radius 3 is 2.61 bits per heavy atom. The number of carbonyl (C=O) groups excluding carboxylic acids is 1. The molecule has 1 saturated heterocycles. The number of anilines is 2. The molecule has 160 valence electrons. The first-order valence-electron chi connectivity index (χ1n) is 11.2. The molecule has 5 rings (SSSR count). The second-order valence-electron chi connectivity index (χ2n) is 9.29. The van der Waals surface area contributed by atoms with Crippen LogP contribution in [0, 0.1) is 23.1 Å². The molecule has 2 fully saturated rings. The second-order valence-corrected chi connectivity index (χ2v) is 9.29. The molecule has 2 aliphatic rings. The highest BCUT2D eigenvalue weighted by Crippen LogP contribution is 2.55. The van der Waals surface area contributed by atoms with Crippen molar-refractivity contribution in [2.24, 2.45) is 17.3 Å². The molecule has 1 N–H and O–H groups in total. The Labute approximate surface area is 182 Å². The molecule has 0 radical (unpaired) electrons. The van der Waals surface area contributed by atoms with Crippen molar-refractivity contribution >= 4 is 28.2 Å². The lowest BCUT2D eigenvalue weighted by Crippen LogP contribution is -2.50. The summed E-state index contributed by atoms with van der Waals surface area (Å²) in [4.78, 5) is 19.4. The third-order valence-electron chi connectivity index (χ3n) is 7.40. The fourth-order valence-electron chi connectivity index (χ4n) is 5.41. The number of rotatable bonds is 4. The third kappa shape index (κ3) is 3.89. The number of nitrogens with zero attached hydrogens (tertiary/aromatic N) is 2. The van der Waals surface area contributed by atoms with Crippen molar-refractivity contribution in [3.05, 3.63) is 66.6 Å². The van der Waals surface area contributed by atoms with E-state index in [2.05, 4.69) is 22.1 Å². The van der Waals surface area contributed by atoms with Gasteiger partial charge < -0.3 is 10.2 Å². The maximum Gasteiger partial charge on any atom is 0.227 e. The van der Waals surface area contributed by atoms with Crippen molar-refractivity contribution in [2.75, 3.05) is 23.3 Å². The minimum Gasteiger partial charge on any atom is -0.371 e. The average Bonchev–Trinajstić information content (AvgIpc) is 2.77. The zero-order chi connectivity index (χ0) is 21.4. The summed E-state index contributed by atoms with van der Waals surface area (Å²) in [6.07, 6.45) is 6.30. The molecular formula is C26H28FN3O. The number of amides is 1. The lowest BCUT2D eigenvalue weighted by Gasteiger charge is -2.54. The van der Waals surface area contributed by atoms with Crippen LogP contribution in [-0.2, 0) is 4.79 Å². The minimum absolute atomic E-state index is 0.0241. The number of piperidine rings is 1. The van der Waals surface area contributed by atoms with Crippen LogP contribution in [0.25, 0.3) is 10.9 Å². The number of nitrogens with one attached hydrogen (secondary N) is 1. The van der Waals surface area contributed by atoms with E-state index in [0.717, 1.165) is 61.1 Å². The number of fused-ring (bicyclic) bond motifs is 1. The van der Waals surface area contributed by atoms with E-state index in [1.807, 2.05) is 42.6 Å². The topological polar surface area (TPSA) is 45.2 Å². The monoisotopic (exact) mass is 417 g/mol. The van der Waals surface area contributed by atoms with E-state index in [9.17, 15) is 9.18 Å². The van der Waals surface area contributed by atoms with Gasteiger partial charge in [-0.05, 0) is 73.4 Å². The van der Waals surface area contributed by atoms with Crippen molar-refractivity contribution in [3.63, 3.8) is 0 Å². The molecule has 1 aromatic heterocycles. The average molecular weight is 418 g/mol. The van der Waals surface area contributed by atoms with Crippen LogP contribution >= 0.6 is 0 Å². The largest absolute Gasteiger partial charge is 0.371 e. The van der Waals surface area contributed by atoms with Gasteiger partial charge >= 0.3 is 0 Å². The molecular weight excluding hydrogens is 389 g/mol. The third-order valence-corrected chi connectivity index (χ3v) is 7.40. The van der Waals surface area contributed by atoms with Gasteiger partial charge in [0.25, 0.3) is 0 Å². The maximum atomic E-state index is 13.8. The van der Waals surface area contributed by atoms with Crippen LogP contribution in [0.2, 0.25) is 0 Å². The predicted molar refractivity (Wildman–Crippen MR) is 123 cm³/mol. The first-order chi connectivity index (χ1) is 15.0. The van der Waals surface area contributed by atoms with Gasteiger partial charge in [-0.2, -0.15) is 0 Å². The van der Waals surface area contributed by atoms with E-state index in [0.29, 0.717) is 11.3 Å². The molecule has 1 unspecified atom stereocenters. The molecule has 31 heavy (non-hydrogen) atoms. The first kappa shape index (κ1) is 20.0. The molecule has 2 heterocycles. The molecule has 5 heteroatoms. The van der Waals surface area contributed by atoms with Crippen LogP contribution in [0.3, 0.4) is 0 Å². The Bertz CT molecular complexity index is 1080. The number of benzene rings is 2. The Morgan fingerprint density at radius 1 is 1.13 bits per heavy atom. The van der Waals surface area contributed by atoms with Crippen LogP contribution in [0.15, 0.2) is 60.8 Å². The highest BCUT2D eigenvalue weighted by molar-refractivity contribution is 5.93. The van der Waals surface area contributed by atoms with Gasteiger partial charge in [0.2, 0.25) is 5.91 Å². The molecule has 1 spiro atoms. The quantitative estimate of drug-likeness (QED) is 0.597. The molecule has 0 bridgehead atoms. The molecule has 3 aromatic rings. The van der Waals surface area contributed by atoms with E-state index < -0.39 is 0 Å². The van der Waals surface area contributed by atoms with Gasteiger partial charge in [0.05, 0.1) is 5.52 Å². The number of halogens is 1. The van der Waals surface area contributed by atoms with Crippen LogP contribution in [0.4, 0.5) is 15.8 Å². The summed E-state index contributed by atoms with van der Waals surface area (Å²) in [5.41, 5.74) is 3.13. The van der Waals surface area contributed by atoms with Gasteiger partial charge in [-0.1, -0.05) is 25.1 Å². The van der Waals surface area contributed by atoms with E-state index in [4.69, 9.17) is 0 Å². The van der Waals surface area contributed by atoms with E-state index in [1.165, 1.54) is 6.07 Å². The van der Waals surface area contributed by atoms with Crippen molar-refractivity contribution in [3.8, 4) is 0 Å². The van der Waals surface area contributed by atoms with Crippen LogP contribution < -0.4 is 10.2 Å². The first-order valence-corrected chi connectivity index (χ1v) is 11.2. The van der Waals surface area contributed by atoms with Gasteiger partial charge in [-0.3, -0.25) is 9.78 Å². The second kappa shape index (κ2) is 7.95. The molecule has 1 saturated carbocycles. The van der Waals surface area contributed by atoms with Gasteiger partial charge in [0.1, 0.15) is 5.82 Å². The van der Waals surface area contributed by atoms with E-state index >= 15 is 0 Å². The fourth-order valence-corrected chi connectivity index (χ4v) is 5.41. The summed E-state index contributed by atoms with van der Waals surface area (Å²) in [7, 11) is 0. The number of hydrogen-bond donors (Lipinski definition) is 1. The molecule has 1 atom stereocenters. The zero-order valence-electron chi connectivity index (χ0n) is 17.9. The van der Waals surface area contributed by atoms with Crippen molar-refractivity contribution in [1.82, 2.24) is 4.98 Å². The Balaban J connectivity index is 1.19. The summed E-state index contributed by atoms with van der Waals surface area (Å²) in [6, 6.07) is 16.5. The lowest BCUT2D eigenvalue weighted by atomic mass is 9.54. The van der Waals surface area contributed by atoms with Crippen molar-refractivity contribution in [2.45, 2.75) is 32.6 Å². The summed E-state index contributed by atoms with van der Waals surface area (Å²) in [5.74, 6) is 0.371. The number of hydrogen-bond acceptors (Lipinski definition) is 3. The number of carbonyl (C=O) groups is 1. The van der Waals surface area contributed by atoms with Gasteiger partial charge in [-0.25, -0.2) is 4.39 Å². The van der Waals surface area contributed by atoms with Crippen molar-refractivity contribution < 1.29 is 9.18 Å². The van der Waals surface area contributed by atoms with Gasteiger partial charge in [0.15, 0.2) is 0 Å². The van der Waals surface area contributed by atoms with Crippen LogP contribution in [0.5, 0.6) is 0 Å². The Morgan fingerprint density at radius 2 is 1.87 bits per heavy atom. The Kier molecular flexibility index (Phi) is 5.12. The van der Waals surface area contributed by atoms with Crippen molar-refractivity contribution in [1.29, 1.82) is 0 Å². The van der Waals surface area contributed by atoms with Crippen LogP contribution in [-0.4, -0.2) is 24.0 Å². The molecule has 1 aliphatic heterocycles. The SMILES string of the molecule is CC(C(=O)Nc1ccccc1)C1CC2(CCN(c3ccnc4ccc(F)cc34)CC2)C1. The van der Waals surface area contributed by atoms with E-state index in [-0.39, 0.29) is 17.6 Å². The van der Waals surface area contributed by atoms with Gasteiger partial charge in [0, 0.05) is 42.0 Å². The summed E-state index contributed by atoms with van der Waals surface area (Å²) in [6.45, 7) is 3.99. The lowest BCUT2D eigenvalue weighted by molar-refractivity contribution is -0.124. The normalized spacial score (nSPS) is 19.2. The predicted octanol–water partition coefficient (Wildman–Crippen LogP) is 5.65. The highest BCUT2D eigenvalue weighted by Gasteiger charge is 2.48. The zero-order valence-corrected chi connectivity index (χ0v) is 17.9. The maximum absolute atomic E-state index is 13.8. The molecule has 1 amide bonds. The van der Waals surface area contributed by atoms with E-state index in [1.54, 1.807) is 12.1 Å². The smallest absolute Gasteiger partial charge is 0.227 e. The highest BCUT2D eigenvalue weighted by atomic mass is 19.1. The number of pyridine rings is 1. The molecule has 1 aliphatic carbocycles. The standard InChI is InChI=1S/C26H28FN3O/c1-18(25(31)29-21-5-3-2-4-6-21)19-16-26(17-19)10-13-30(14-11-26)24-9-12-28-23-8-7-20(27)15-22(23)24/h2-9,12,15,18-19H,10-11,13-14,16-17H2,1H3,(H,29,31). The molecule has 2 aromatic carbocycles. The summed E-state index contributed by atoms with van der Waals surface area (Å²) >= 11 is 0. The minimum atomic E-state index is -0.222. The summed E-state index contributed by atoms with van der Waals surface area (Å²) in [5, 5.41) is 3.93. The number of aromatic nitrogens is 1. The summed E-state index contributed by atoms with van der Waals surface area (Å²) < 4.78 is 13.8. The van der Waals surface area contributed by atoms with Gasteiger partial charge in [-0.15, -0.1) is 0 Å². The number of para-hydroxylation sites is 1. The fraction of sp³-hybridized carbons (Fsp3) is 0.385. The molecule has 4 nitrogen and oxygen atoms in total. The Hall–Kier alpha value is -2.95.